The number of oxazole rings is 1. The smallest absolute Gasteiger partial charge is 0.336 e. The average Bonchev–Trinajstić information content (AvgIpc) is 3.30. The number of hydrogen-bond acceptors (Lipinski definition) is 5. The number of fused-ring (bicyclic) bond motifs is 1. The van der Waals surface area contributed by atoms with E-state index in [1.54, 1.807) is 36.4 Å². The zero-order chi connectivity index (χ0) is 17.1. The third-order valence-corrected chi connectivity index (χ3v) is 3.53. The molecule has 4 aromatic rings. The largest absolute Gasteiger partial charge is 0.465 e. The van der Waals surface area contributed by atoms with Crippen molar-refractivity contribution in [3.05, 3.63) is 78.8 Å². The lowest BCUT2D eigenvalue weighted by atomic mass is 10.2. The van der Waals surface area contributed by atoms with Crippen molar-refractivity contribution in [3.8, 4) is 17.2 Å². The van der Waals surface area contributed by atoms with Gasteiger partial charge in [0.05, 0.1) is 6.26 Å². The lowest BCUT2D eigenvalue weighted by Crippen LogP contribution is -2.03. The Balaban J connectivity index is 1.54. The Morgan fingerprint density at radius 2 is 1.92 bits per heavy atom. The van der Waals surface area contributed by atoms with Gasteiger partial charge in [0.25, 0.3) is 0 Å². The number of furan rings is 1. The van der Waals surface area contributed by atoms with Crippen molar-refractivity contribution in [1.82, 2.24) is 4.98 Å². The molecule has 0 aliphatic heterocycles. The highest BCUT2D eigenvalue weighted by molar-refractivity contribution is 5.89. The zero-order valence-corrected chi connectivity index (χ0v) is 13.1. The van der Waals surface area contributed by atoms with E-state index in [1.807, 2.05) is 30.3 Å². The van der Waals surface area contributed by atoms with Crippen LogP contribution < -0.4 is 4.74 Å². The van der Waals surface area contributed by atoms with E-state index in [9.17, 15) is 4.79 Å². The van der Waals surface area contributed by atoms with E-state index in [0.717, 1.165) is 5.56 Å². The van der Waals surface area contributed by atoms with Crippen molar-refractivity contribution < 1.29 is 18.4 Å². The second-order valence-electron chi connectivity index (χ2n) is 5.28. The van der Waals surface area contributed by atoms with Crippen LogP contribution in [0.25, 0.3) is 28.6 Å². The molecule has 0 radical (unpaired) electrons. The molecule has 2 aromatic heterocycles. The van der Waals surface area contributed by atoms with Gasteiger partial charge < -0.3 is 13.6 Å². The molecular formula is C20H13NO4. The van der Waals surface area contributed by atoms with E-state index in [2.05, 4.69) is 4.98 Å². The van der Waals surface area contributed by atoms with Gasteiger partial charge in [0.1, 0.15) is 17.0 Å². The van der Waals surface area contributed by atoms with Crippen molar-refractivity contribution in [2.45, 2.75) is 0 Å². The molecule has 0 aliphatic rings. The van der Waals surface area contributed by atoms with Crippen LogP contribution in [0.3, 0.4) is 0 Å². The molecule has 2 heterocycles. The molecule has 4 rings (SSSR count). The molecule has 0 amide bonds. The highest BCUT2D eigenvalue weighted by atomic mass is 16.5. The fourth-order valence-corrected chi connectivity index (χ4v) is 2.36. The first kappa shape index (κ1) is 15.0. The van der Waals surface area contributed by atoms with Gasteiger partial charge in [-0.3, -0.25) is 0 Å². The molecule has 0 spiro atoms. The minimum Gasteiger partial charge on any atom is -0.465 e. The van der Waals surface area contributed by atoms with Crippen LogP contribution in [-0.4, -0.2) is 11.0 Å². The first-order valence-corrected chi connectivity index (χ1v) is 7.67. The van der Waals surface area contributed by atoms with Gasteiger partial charge in [-0.2, -0.15) is 0 Å². The Morgan fingerprint density at radius 1 is 1.04 bits per heavy atom. The minimum atomic E-state index is -0.501. The molecule has 0 bridgehead atoms. The molecule has 0 N–H and O–H groups in total. The maximum absolute atomic E-state index is 11.9. The summed E-state index contributed by atoms with van der Waals surface area (Å²) in [5.41, 5.74) is 2.14. The maximum atomic E-state index is 11.9. The number of carbonyl (C=O) groups is 1. The van der Waals surface area contributed by atoms with E-state index in [1.165, 1.54) is 12.3 Å². The third-order valence-electron chi connectivity index (χ3n) is 3.53. The lowest BCUT2D eigenvalue weighted by molar-refractivity contribution is -0.128. The van der Waals surface area contributed by atoms with Crippen LogP contribution in [0.1, 0.15) is 5.76 Å². The SMILES string of the molecule is O=C(/C=C/c1ccco1)Oc1ccc2nc(-c3ccccc3)oc2c1. The molecular weight excluding hydrogens is 318 g/mol. The number of nitrogens with zero attached hydrogens (tertiary/aromatic N) is 1. The summed E-state index contributed by atoms with van der Waals surface area (Å²) in [5.74, 6) is 0.989. The number of ether oxygens (including phenoxy) is 1. The highest BCUT2D eigenvalue weighted by Crippen LogP contribution is 2.27. The summed E-state index contributed by atoms with van der Waals surface area (Å²) in [5, 5.41) is 0. The van der Waals surface area contributed by atoms with Crippen LogP contribution in [-0.2, 0) is 4.79 Å². The number of aromatic nitrogens is 1. The normalized spacial score (nSPS) is 11.2. The van der Waals surface area contributed by atoms with Crippen LogP contribution in [0.5, 0.6) is 5.75 Å². The predicted octanol–water partition coefficient (Wildman–Crippen LogP) is 4.71. The molecule has 0 saturated heterocycles. The van der Waals surface area contributed by atoms with Gasteiger partial charge in [-0.1, -0.05) is 18.2 Å². The quantitative estimate of drug-likeness (QED) is 0.308. The van der Waals surface area contributed by atoms with Crippen molar-refractivity contribution in [3.63, 3.8) is 0 Å². The number of esters is 1. The summed E-state index contributed by atoms with van der Waals surface area (Å²) >= 11 is 0. The fraction of sp³-hybridized carbons (Fsp3) is 0. The van der Waals surface area contributed by atoms with E-state index < -0.39 is 5.97 Å². The van der Waals surface area contributed by atoms with E-state index in [-0.39, 0.29) is 0 Å². The topological polar surface area (TPSA) is 65.5 Å². The van der Waals surface area contributed by atoms with E-state index in [0.29, 0.717) is 28.5 Å². The number of benzene rings is 2. The average molecular weight is 331 g/mol. The first-order chi connectivity index (χ1) is 12.3. The summed E-state index contributed by atoms with van der Waals surface area (Å²) in [6.07, 6.45) is 4.38. The van der Waals surface area contributed by atoms with Gasteiger partial charge in [-0.05, 0) is 42.5 Å². The predicted molar refractivity (Wildman–Crippen MR) is 92.8 cm³/mol. The third kappa shape index (κ3) is 3.35. The lowest BCUT2D eigenvalue weighted by Gasteiger charge is -1.99. The van der Waals surface area contributed by atoms with E-state index >= 15 is 0 Å². The van der Waals surface area contributed by atoms with Crippen LogP contribution in [0, 0.1) is 0 Å². The summed E-state index contributed by atoms with van der Waals surface area (Å²) in [6, 6.07) is 18.2. The summed E-state index contributed by atoms with van der Waals surface area (Å²) in [7, 11) is 0. The Labute approximate surface area is 143 Å². The zero-order valence-electron chi connectivity index (χ0n) is 13.1. The van der Waals surface area contributed by atoms with Crippen molar-refractivity contribution >= 4 is 23.1 Å². The van der Waals surface area contributed by atoms with Gasteiger partial charge in [0.2, 0.25) is 5.89 Å². The summed E-state index contributed by atoms with van der Waals surface area (Å²) in [4.78, 5) is 16.3. The van der Waals surface area contributed by atoms with E-state index in [4.69, 9.17) is 13.6 Å². The second-order valence-corrected chi connectivity index (χ2v) is 5.28. The molecule has 5 heteroatoms. The van der Waals surface area contributed by atoms with Gasteiger partial charge in [0.15, 0.2) is 5.58 Å². The maximum Gasteiger partial charge on any atom is 0.336 e. The van der Waals surface area contributed by atoms with Gasteiger partial charge >= 0.3 is 5.97 Å². The standard InChI is InChI=1S/C20H13NO4/c22-19(11-9-15-7-4-12-23-15)24-16-8-10-17-18(13-16)25-20(21-17)14-5-2-1-3-6-14/h1-13H/b11-9+. The highest BCUT2D eigenvalue weighted by Gasteiger charge is 2.10. The molecule has 0 atom stereocenters. The molecule has 5 nitrogen and oxygen atoms in total. The van der Waals surface area contributed by atoms with Gasteiger partial charge in [-0.25, -0.2) is 9.78 Å². The van der Waals surface area contributed by atoms with Crippen molar-refractivity contribution in [2.75, 3.05) is 0 Å². The van der Waals surface area contributed by atoms with Crippen LogP contribution in [0.4, 0.5) is 0 Å². The van der Waals surface area contributed by atoms with Crippen molar-refractivity contribution in [2.24, 2.45) is 0 Å². The molecule has 122 valence electrons. The molecule has 2 aromatic carbocycles. The minimum absolute atomic E-state index is 0.386. The molecule has 0 aliphatic carbocycles. The Bertz CT molecular complexity index is 1030. The molecule has 0 fully saturated rings. The molecule has 0 unspecified atom stereocenters. The fourth-order valence-electron chi connectivity index (χ4n) is 2.36. The van der Waals surface area contributed by atoms with Gasteiger partial charge in [-0.15, -0.1) is 0 Å². The number of carbonyl (C=O) groups excluding carboxylic acids is 1. The van der Waals surface area contributed by atoms with Crippen molar-refractivity contribution in [1.29, 1.82) is 0 Å². The molecule has 0 saturated carbocycles. The summed E-state index contributed by atoms with van der Waals surface area (Å²) < 4.78 is 16.2. The molecule has 25 heavy (non-hydrogen) atoms. The van der Waals surface area contributed by atoms with Crippen LogP contribution in [0.2, 0.25) is 0 Å². The second kappa shape index (κ2) is 6.49. The van der Waals surface area contributed by atoms with Crippen LogP contribution in [0.15, 0.2) is 81.8 Å². The first-order valence-electron chi connectivity index (χ1n) is 7.67. The van der Waals surface area contributed by atoms with Gasteiger partial charge in [0, 0.05) is 17.7 Å². The monoisotopic (exact) mass is 331 g/mol. The number of rotatable bonds is 4. The summed E-state index contributed by atoms with van der Waals surface area (Å²) in [6.45, 7) is 0. The number of hydrogen-bond donors (Lipinski definition) is 0. The van der Waals surface area contributed by atoms with Crippen LogP contribution >= 0.6 is 0 Å². The Kier molecular flexibility index (Phi) is 3.88. The Hall–Kier alpha value is -3.60. The Morgan fingerprint density at radius 3 is 2.72 bits per heavy atom.